The van der Waals surface area contributed by atoms with Crippen LogP contribution in [0, 0.1) is 5.92 Å². The number of nitrogens with one attached hydrogen (secondary N) is 1. The van der Waals surface area contributed by atoms with E-state index >= 15 is 0 Å². The van der Waals surface area contributed by atoms with Crippen molar-refractivity contribution in [3.63, 3.8) is 0 Å². The first-order valence-corrected chi connectivity index (χ1v) is 8.07. The van der Waals surface area contributed by atoms with Crippen molar-refractivity contribution in [2.24, 2.45) is 11.7 Å². The highest BCUT2D eigenvalue weighted by molar-refractivity contribution is 7.89. The summed E-state index contributed by atoms with van der Waals surface area (Å²) in [6, 6.07) is 6.61. The molecule has 19 heavy (non-hydrogen) atoms. The van der Waals surface area contributed by atoms with E-state index in [0.717, 1.165) is 12.0 Å². The molecule has 0 aliphatic carbocycles. The van der Waals surface area contributed by atoms with Gasteiger partial charge in [0.2, 0.25) is 10.0 Å². The predicted octanol–water partition coefficient (Wildman–Crippen LogP) is 1.84. The van der Waals surface area contributed by atoms with Gasteiger partial charge in [-0.2, -0.15) is 0 Å². The van der Waals surface area contributed by atoms with E-state index in [-0.39, 0.29) is 4.90 Å². The number of thiocarbonyl (C=S) groups is 1. The van der Waals surface area contributed by atoms with Crippen LogP contribution >= 0.6 is 12.2 Å². The van der Waals surface area contributed by atoms with E-state index < -0.39 is 10.0 Å². The van der Waals surface area contributed by atoms with E-state index in [0.29, 0.717) is 23.9 Å². The Labute approximate surface area is 120 Å². The minimum Gasteiger partial charge on any atom is -0.393 e. The van der Waals surface area contributed by atoms with Crippen LogP contribution in [0.3, 0.4) is 0 Å². The standard InChI is InChI=1S/C13H20N2O2S2/c1-10(2)7-8-15-19(16,17)12-5-3-11(4-6-12)9-13(14)18/h3-6,10,15H,7-9H2,1-2H3,(H2,14,18). The maximum absolute atomic E-state index is 12.0. The molecule has 0 saturated heterocycles. The molecule has 0 fully saturated rings. The van der Waals surface area contributed by atoms with Crippen LogP contribution in [0.5, 0.6) is 0 Å². The second-order valence-corrected chi connectivity index (χ2v) is 7.16. The summed E-state index contributed by atoms with van der Waals surface area (Å²) in [5.74, 6) is 0.468. The second-order valence-electron chi connectivity index (χ2n) is 4.87. The third-order valence-corrected chi connectivity index (χ3v) is 4.25. The Kier molecular flexibility index (Phi) is 5.90. The van der Waals surface area contributed by atoms with Gasteiger partial charge >= 0.3 is 0 Å². The fourth-order valence-electron chi connectivity index (χ4n) is 1.55. The normalized spacial score (nSPS) is 11.7. The molecule has 0 aliphatic heterocycles. The number of nitrogens with two attached hydrogens (primary N) is 1. The summed E-state index contributed by atoms with van der Waals surface area (Å²) in [4.78, 5) is 0.661. The van der Waals surface area contributed by atoms with Gasteiger partial charge in [0, 0.05) is 13.0 Å². The predicted molar refractivity (Wildman–Crippen MR) is 81.6 cm³/mol. The van der Waals surface area contributed by atoms with Crippen LogP contribution < -0.4 is 10.5 Å². The number of hydrogen-bond acceptors (Lipinski definition) is 3. The van der Waals surface area contributed by atoms with Crippen molar-refractivity contribution < 1.29 is 8.42 Å². The summed E-state index contributed by atoms with van der Waals surface area (Å²) >= 11 is 4.81. The molecule has 0 heterocycles. The van der Waals surface area contributed by atoms with Crippen LogP contribution in [-0.4, -0.2) is 20.0 Å². The molecule has 1 rings (SSSR count). The molecular weight excluding hydrogens is 280 g/mol. The highest BCUT2D eigenvalue weighted by atomic mass is 32.2. The topological polar surface area (TPSA) is 72.2 Å². The van der Waals surface area contributed by atoms with Crippen molar-refractivity contribution in [2.75, 3.05) is 6.54 Å². The van der Waals surface area contributed by atoms with Crippen molar-refractivity contribution in [2.45, 2.75) is 31.6 Å². The van der Waals surface area contributed by atoms with Gasteiger partial charge in [0.05, 0.1) is 9.88 Å². The molecular formula is C13H20N2O2S2. The largest absolute Gasteiger partial charge is 0.393 e. The van der Waals surface area contributed by atoms with Crippen molar-refractivity contribution in [1.82, 2.24) is 4.72 Å². The summed E-state index contributed by atoms with van der Waals surface area (Å²) in [7, 11) is -3.42. The minimum atomic E-state index is -3.42. The molecule has 1 aromatic carbocycles. The average Bonchev–Trinajstić information content (AvgIpc) is 2.28. The first-order chi connectivity index (χ1) is 8.81. The number of benzene rings is 1. The van der Waals surface area contributed by atoms with E-state index in [1.807, 2.05) is 0 Å². The summed E-state index contributed by atoms with van der Waals surface area (Å²) in [6.45, 7) is 4.56. The van der Waals surface area contributed by atoms with Crippen molar-refractivity contribution >= 4 is 27.2 Å². The van der Waals surface area contributed by atoms with Gasteiger partial charge in [-0.05, 0) is 30.0 Å². The molecule has 3 N–H and O–H groups in total. The van der Waals surface area contributed by atoms with Crippen LogP contribution in [0.25, 0.3) is 0 Å². The Morgan fingerprint density at radius 1 is 1.32 bits per heavy atom. The molecule has 0 spiro atoms. The molecule has 0 radical (unpaired) electrons. The van der Waals surface area contributed by atoms with Crippen LogP contribution in [0.4, 0.5) is 0 Å². The van der Waals surface area contributed by atoms with Crippen LogP contribution in [0.2, 0.25) is 0 Å². The van der Waals surface area contributed by atoms with E-state index in [9.17, 15) is 8.42 Å². The molecule has 0 bridgehead atoms. The third kappa shape index (κ3) is 5.67. The zero-order chi connectivity index (χ0) is 14.5. The molecule has 1 aromatic rings. The van der Waals surface area contributed by atoms with Gasteiger partial charge in [-0.25, -0.2) is 13.1 Å². The van der Waals surface area contributed by atoms with Gasteiger partial charge in [-0.3, -0.25) is 0 Å². The molecule has 6 heteroatoms. The van der Waals surface area contributed by atoms with Gasteiger partial charge in [0.15, 0.2) is 0 Å². The molecule has 0 aliphatic rings. The number of hydrogen-bond donors (Lipinski definition) is 2. The van der Waals surface area contributed by atoms with Crippen molar-refractivity contribution in [3.05, 3.63) is 29.8 Å². The molecule has 0 saturated carbocycles. The zero-order valence-corrected chi connectivity index (χ0v) is 12.9. The lowest BCUT2D eigenvalue weighted by Gasteiger charge is -2.09. The fourth-order valence-corrected chi connectivity index (χ4v) is 2.77. The van der Waals surface area contributed by atoms with E-state index in [1.54, 1.807) is 24.3 Å². The second kappa shape index (κ2) is 6.98. The van der Waals surface area contributed by atoms with Gasteiger partial charge < -0.3 is 5.73 Å². The molecule has 0 aromatic heterocycles. The lowest BCUT2D eigenvalue weighted by atomic mass is 10.1. The molecule has 106 valence electrons. The summed E-state index contributed by atoms with van der Waals surface area (Å²) in [5, 5.41) is 0. The van der Waals surface area contributed by atoms with Crippen LogP contribution in [-0.2, 0) is 16.4 Å². The molecule has 0 unspecified atom stereocenters. The maximum atomic E-state index is 12.0. The summed E-state index contributed by atoms with van der Waals surface area (Å²) in [6.07, 6.45) is 1.30. The van der Waals surface area contributed by atoms with E-state index in [1.165, 1.54) is 0 Å². The Morgan fingerprint density at radius 2 is 1.89 bits per heavy atom. The quantitative estimate of drug-likeness (QED) is 0.754. The number of sulfonamides is 1. The SMILES string of the molecule is CC(C)CCNS(=O)(=O)c1ccc(CC(N)=S)cc1. The fraction of sp³-hybridized carbons (Fsp3) is 0.462. The van der Waals surface area contributed by atoms with Gasteiger partial charge in [0.25, 0.3) is 0 Å². The van der Waals surface area contributed by atoms with E-state index in [2.05, 4.69) is 18.6 Å². The highest BCUT2D eigenvalue weighted by Crippen LogP contribution is 2.11. The van der Waals surface area contributed by atoms with Crippen molar-refractivity contribution in [3.8, 4) is 0 Å². The Hall–Kier alpha value is -0.980. The summed E-state index contributed by atoms with van der Waals surface area (Å²) in [5.41, 5.74) is 6.35. The lowest BCUT2D eigenvalue weighted by molar-refractivity contribution is 0.551. The first kappa shape index (κ1) is 16.1. The smallest absolute Gasteiger partial charge is 0.240 e. The highest BCUT2D eigenvalue weighted by Gasteiger charge is 2.13. The average molecular weight is 300 g/mol. The van der Waals surface area contributed by atoms with Gasteiger partial charge in [-0.1, -0.05) is 38.2 Å². The Morgan fingerprint density at radius 3 is 2.37 bits per heavy atom. The Bertz CT molecular complexity index is 522. The molecule has 4 nitrogen and oxygen atoms in total. The summed E-state index contributed by atoms with van der Waals surface area (Å²) < 4.78 is 26.6. The van der Waals surface area contributed by atoms with Crippen LogP contribution in [0.15, 0.2) is 29.2 Å². The number of rotatable bonds is 7. The van der Waals surface area contributed by atoms with Crippen LogP contribution in [0.1, 0.15) is 25.8 Å². The minimum absolute atomic E-state index is 0.267. The maximum Gasteiger partial charge on any atom is 0.240 e. The van der Waals surface area contributed by atoms with E-state index in [4.69, 9.17) is 18.0 Å². The Balaban J connectivity index is 2.70. The zero-order valence-electron chi connectivity index (χ0n) is 11.2. The van der Waals surface area contributed by atoms with Gasteiger partial charge in [0.1, 0.15) is 0 Å². The molecule has 0 atom stereocenters. The molecule has 0 amide bonds. The first-order valence-electron chi connectivity index (χ1n) is 6.18. The monoisotopic (exact) mass is 300 g/mol. The van der Waals surface area contributed by atoms with Crippen molar-refractivity contribution in [1.29, 1.82) is 0 Å². The lowest BCUT2D eigenvalue weighted by Crippen LogP contribution is -2.25. The third-order valence-electron chi connectivity index (χ3n) is 2.63. The van der Waals surface area contributed by atoms with Gasteiger partial charge in [-0.15, -0.1) is 0 Å².